The van der Waals surface area contributed by atoms with Crippen LogP contribution in [0.25, 0.3) is 5.57 Å². The molecule has 1 aliphatic heterocycles. The summed E-state index contributed by atoms with van der Waals surface area (Å²) >= 11 is 0. The number of hydrogen-bond acceptors (Lipinski definition) is 3. The molecule has 5 rings (SSSR count). The van der Waals surface area contributed by atoms with Crippen LogP contribution < -0.4 is 15.2 Å². The fourth-order valence-electron chi connectivity index (χ4n) is 3.79. The van der Waals surface area contributed by atoms with Gasteiger partial charge in [0.25, 0.3) is 0 Å². The molecule has 3 nitrogen and oxygen atoms in total. The van der Waals surface area contributed by atoms with Crippen LogP contribution >= 0.6 is 0 Å². The highest BCUT2D eigenvalue weighted by molar-refractivity contribution is 5.76. The van der Waals surface area contributed by atoms with Gasteiger partial charge in [0.05, 0.1) is 6.04 Å². The van der Waals surface area contributed by atoms with Gasteiger partial charge >= 0.3 is 0 Å². The lowest BCUT2D eigenvalue weighted by Crippen LogP contribution is -2.17. The van der Waals surface area contributed by atoms with Crippen LogP contribution in [0.5, 0.6) is 17.2 Å². The Morgan fingerprint density at radius 2 is 1.55 bits per heavy atom. The predicted octanol–water partition coefficient (Wildman–Crippen LogP) is 6.49. The Labute approximate surface area is 182 Å². The second-order valence-electron chi connectivity index (χ2n) is 7.55. The molecule has 1 unspecified atom stereocenters. The molecule has 0 radical (unpaired) electrons. The number of rotatable bonds is 4. The molecule has 0 bridgehead atoms. The van der Waals surface area contributed by atoms with E-state index in [1.165, 1.54) is 11.1 Å². The van der Waals surface area contributed by atoms with Crippen molar-refractivity contribution in [2.45, 2.75) is 12.6 Å². The molecule has 1 atom stereocenters. The van der Waals surface area contributed by atoms with Crippen molar-refractivity contribution < 1.29 is 9.47 Å². The zero-order valence-corrected chi connectivity index (χ0v) is 17.1. The number of fused-ring (bicyclic) bond motifs is 2. The Kier molecular flexibility index (Phi) is 5.26. The van der Waals surface area contributed by atoms with Gasteiger partial charge in [-0.15, -0.1) is 0 Å². The van der Waals surface area contributed by atoms with Crippen LogP contribution in [0.3, 0.4) is 0 Å². The van der Waals surface area contributed by atoms with E-state index in [9.17, 15) is 0 Å². The number of ether oxygens (including phenoxy) is 2. The summed E-state index contributed by atoms with van der Waals surface area (Å²) in [6, 6.07) is 22.0. The Bertz CT molecular complexity index is 1220. The summed E-state index contributed by atoms with van der Waals surface area (Å²) in [5.41, 5.74) is 11.9. The van der Waals surface area contributed by atoms with Gasteiger partial charge in [0.2, 0.25) is 0 Å². The Balaban J connectivity index is 1.28. The van der Waals surface area contributed by atoms with Crippen LogP contribution in [0.1, 0.15) is 28.3 Å². The van der Waals surface area contributed by atoms with E-state index in [1.807, 2.05) is 60.7 Å². The first-order chi connectivity index (χ1) is 15.3. The SMILES string of the molecule is NC1c2ccccc2Oc2cc(OCc3ccc(C4=C/C=C\C=C/C=C\4)cc3)ccc21. The molecular weight excluding hydrogens is 382 g/mol. The molecule has 0 saturated heterocycles. The lowest BCUT2D eigenvalue weighted by Gasteiger charge is -2.25. The topological polar surface area (TPSA) is 44.5 Å². The van der Waals surface area contributed by atoms with Gasteiger partial charge in [-0.2, -0.15) is 0 Å². The first kappa shape index (κ1) is 19.2. The van der Waals surface area contributed by atoms with Crippen molar-refractivity contribution in [3.8, 4) is 17.2 Å². The van der Waals surface area contributed by atoms with Crippen LogP contribution in [0.2, 0.25) is 0 Å². The molecule has 3 aromatic rings. The van der Waals surface area contributed by atoms with Gasteiger partial charge in [0.1, 0.15) is 23.9 Å². The number of benzene rings is 3. The van der Waals surface area contributed by atoms with E-state index < -0.39 is 0 Å². The van der Waals surface area contributed by atoms with E-state index in [0.717, 1.165) is 33.9 Å². The van der Waals surface area contributed by atoms with Gasteiger partial charge in [-0.05, 0) is 34.9 Å². The summed E-state index contributed by atoms with van der Waals surface area (Å²) in [6.07, 6.45) is 14.4. The third-order valence-electron chi connectivity index (χ3n) is 5.48. The predicted molar refractivity (Wildman–Crippen MR) is 125 cm³/mol. The van der Waals surface area contributed by atoms with Crippen LogP contribution in [0.15, 0.2) is 109 Å². The molecule has 3 aromatic carbocycles. The summed E-state index contributed by atoms with van der Waals surface area (Å²) in [4.78, 5) is 0. The van der Waals surface area contributed by atoms with E-state index in [0.29, 0.717) is 6.61 Å². The van der Waals surface area contributed by atoms with Crippen LogP contribution in [0, 0.1) is 0 Å². The minimum Gasteiger partial charge on any atom is -0.489 e. The molecule has 3 heteroatoms. The lowest BCUT2D eigenvalue weighted by molar-refractivity contribution is 0.304. The Hall–Kier alpha value is -3.82. The average molecular weight is 405 g/mol. The van der Waals surface area contributed by atoms with Gasteiger partial charge in [-0.1, -0.05) is 85.0 Å². The summed E-state index contributed by atoms with van der Waals surface area (Å²) in [6.45, 7) is 0.485. The number of para-hydroxylation sites is 1. The van der Waals surface area contributed by atoms with Crippen molar-refractivity contribution in [1.82, 2.24) is 0 Å². The molecule has 0 fully saturated rings. The molecule has 1 aliphatic carbocycles. The number of allylic oxidation sites excluding steroid dienone is 8. The van der Waals surface area contributed by atoms with Crippen LogP contribution in [-0.2, 0) is 6.61 Å². The molecule has 0 saturated carbocycles. The van der Waals surface area contributed by atoms with E-state index >= 15 is 0 Å². The smallest absolute Gasteiger partial charge is 0.136 e. The van der Waals surface area contributed by atoms with Gasteiger partial charge in [0, 0.05) is 17.2 Å². The quantitative estimate of drug-likeness (QED) is 0.540. The van der Waals surface area contributed by atoms with Gasteiger partial charge < -0.3 is 15.2 Å². The van der Waals surface area contributed by atoms with Crippen molar-refractivity contribution in [2.24, 2.45) is 5.73 Å². The van der Waals surface area contributed by atoms with Crippen LogP contribution in [-0.4, -0.2) is 0 Å². The fourth-order valence-corrected chi connectivity index (χ4v) is 3.79. The van der Waals surface area contributed by atoms with Crippen molar-refractivity contribution in [3.05, 3.63) is 132 Å². The Morgan fingerprint density at radius 3 is 2.45 bits per heavy atom. The summed E-state index contributed by atoms with van der Waals surface area (Å²) in [5.74, 6) is 2.32. The zero-order chi connectivity index (χ0) is 21.0. The maximum Gasteiger partial charge on any atom is 0.136 e. The summed E-state index contributed by atoms with van der Waals surface area (Å²) in [7, 11) is 0. The van der Waals surface area contributed by atoms with Gasteiger partial charge in [-0.25, -0.2) is 0 Å². The first-order valence-corrected chi connectivity index (χ1v) is 10.4. The Morgan fingerprint density at radius 1 is 0.774 bits per heavy atom. The fraction of sp³-hybridized carbons (Fsp3) is 0.0714. The molecular formula is C28H23NO2. The molecule has 2 N–H and O–H groups in total. The van der Waals surface area contributed by atoms with Gasteiger partial charge in [0.15, 0.2) is 0 Å². The minimum absolute atomic E-state index is 0.191. The molecule has 1 heterocycles. The van der Waals surface area contributed by atoms with Crippen molar-refractivity contribution in [3.63, 3.8) is 0 Å². The highest BCUT2D eigenvalue weighted by Crippen LogP contribution is 2.42. The maximum absolute atomic E-state index is 6.43. The molecule has 0 spiro atoms. The van der Waals surface area contributed by atoms with E-state index in [4.69, 9.17) is 15.2 Å². The van der Waals surface area contributed by atoms with Gasteiger partial charge in [-0.3, -0.25) is 0 Å². The van der Waals surface area contributed by atoms with Crippen molar-refractivity contribution >= 4 is 5.57 Å². The highest BCUT2D eigenvalue weighted by atomic mass is 16.5. The molecule has 0 amide bonds. The average Bonchev–Trinajstić information content (AvgIpc) is 2.78. The maximum atomic E-state index is 6.43. The van der Waals surface area contributed by atoms with Crippen molar-refractivity contribution in [2.75, 3.05) is 0 Å². The molecule has 152 valence electrons. The second-order valence-corrected chi connectivity index (χ2v) is 7.55. The molecule has 0 aromatic heterocycles. The largest absolute Gasteiger partial charge is 0.489 e. The van der Waals surface area contributed by atoms with E-state index in [2.05, 4.69) is 48.6 Å². The standard InChI is InChI=1S/C28H23NO2/c29-28-24-10-6-7-11-26(24)31-27-18-23(16-17-25(27)28)30-19-20-12-14-22(15-13-20)21-8-4-2-1-3-5-9-21/h1-18,28H,19,29H2/b2-1-,3-1?,4-2?,5-3-,8-4-,9-5?,21-8?,21-9+. The summed E-state index contributed by atoms with van der Waals surface area (Å²) in [5, 5.41) is 0. The number of nitrogens with two attached hydrogens (primary N) is 1. The third kappa shape index (κ3) is 4.09. The first-order valence-electron chi connectivity index (χ1n) is 10.4. The highest BCUT2D eigenvalue weighted by Gasteiger charge is 2.24. The molecule has 31 heavy (non-hydrogen) atoms. The lowest BCUT2D eigenvalue weighted by atomic mass is 9.95. The second kappa shape index (κ2) is 8.50. The van der Waals surface area contributed by atoms with Crippen molar-refractivity contribution in [1.29, 1.82) is 0 Å². The van der Waals surface area contributed by atoms with E-state index in [-0.39, 0.29) is 6.04 Å². The third-order valence-corrected chi connectivity index (χ3v) is 5.48. The zero-order valence-electron chi connectivity index (χ0n) is 17.1. The normalized spacial score (nSPS) is 21.2. The van der Waals surface area contributed by atoms with Crippen LogP contribution in [0.4, 0.5) is 0 Å². The van der Waals surface area contributed by atoms with E-state index in [1.54, 1.807) is 0 Å². The minimum atomic E-state index is -0.191. The monoisotopic (exact) mass is 405 g/mol. The molecule has 2 aliphatic rings. The number of hydrogen-bond donors (Lipinski definition) is 1. The summed E-state index contributed by atoms with van der Waals surface area (Å²) < 4.78 is 12.1.